The first kappa shape index (κ1) is 11.2. The average molecular weight is 192 g/mol. The van der Waals surface area contributed by atoms with Gasteiger partial charge in [-0.05, 0) is 44.6 Å². The zero-order chi connectivity index (χ0) is 10.9. The van der Waals surface area contributed by atoms with Crippen LogP contribution in [0.2, 0.25) is 0 Å². The molecule has 1 nitrogen and oxygen atoms in total. The number of carbonyl (C=O) groups is 1. The van der Waals surface area contributed by atoms with Gasteiger partial charge in [-0.2, -0.15) is 0 Å². The van der Waals surface area contributed by atoms with Gasteiger partial charge in [0.2, 0.25) is 0 Å². The molecule has 1 aliphatic carbocycles. The van der Waals surface area contributed by atoms with Crippen LogP contribution in [0.1, 0.15) is 47.0 Å². The summed E-state index contributed by atoms with van der Waals surface area (Å²) in [6.07, 6.45) is 2.68. The van der Waals surface area contributed by atoms with Crippen LogP contribution >= 0.6 is 0 Å². The van der Waals surface area contributed by atoms with Gasteiger partial charge in [0.15, 0.2) is 5.78 Å². The summed E-state index contributed by atoms with van der Waals surface area (Å²) in [6.45, 7) is 12.3. The van der Waals surface area contributed by atoms with Gasteiger partial charge in [0.25, 0.3) is 0 Å². The highest BCUT2D eigenvalue weighted by molar-refractivity contribution is 5.96. The van der Waals surface area contributed by atoms with Crippen molar-refractivity contribution in [2.75, 3.05) is 0 Å². The van der Waals surface area contributed by atoms with E-state index in [1.165, 1.54) is 11.1 Å². The number of Topliss-reactive ketones (excluding diaryl/α,β-unsaturated/α-hetero) is 1. The Bertz CT molecular complexity index is 309. The average Bonchev–Trinajstić information content (AvgIpc) is 2.08. The predicted molar refractivity (Wildman–Crippen MR) is 60.2 cm³/mol. The van der Waals surface area contributed by atoms with Crippen molar-refractivity contribution in [3.63, 3.8) is 0 Å². The summed E-state index contributed by atoms with van der Waals surface area (Å²) in [4.78, 5) is 11.5. The first-order chi connectivity index (χ1) is 6.37. The maximum absolute atomic E-state index is 11.5. The molecule has 0 fully saturated rings. The van der Waals surface area contributed by atoms with Gasteiger partial charge >= 0.3 is 0 Å². The molecule has 1 heteroatoms. The second-order valence-electron chi connectivity index (χ2n) is 4.87. The lowest BCUT2D eigenvalue weighted by molar-refractivity contribution is -0.116. The molecule has 0 N–H and O–H groups in total. The largest absolute Gasteiger partial charge is 0.295 e. The van der Waals surface area contributed by atoms with Crippen LogP contribution in [0.5, 0.6) is 0 Å². The first-order valence-corrected chi connectivity index (χ1v) is 5.22. The molecule has 0 aromatic heterocycles. The molecule has 78 valence electrons. The number of allylic oxidation sites excluding steroid dienone is 3. The van der Waals surface area contributed by atoms with E-state index in [1.54, 1.807) is 0 Å². The smallest absolute Gasteiger partial charge is 0.158 e. The molecule has 0 saturated heterocycles. The van der Waals surface area contributed by atoms with E-state index in [4.69, 9.17) is 0 Å². The number of hydrogen-bond donors (Lipinski definition) is 0. The molecule has 1 unspecified atom stereocenters. The van der Waals surface area contributed by atoms with Crippen LogP contribution in [0.3, 0.4) is 0 Å². The fourth-order valence-electron chi connectivity index (χ4n) is 2.31. The summed E-state index contributed by atoms with van der Waals surface area (Å²) < 4.78 is 0. The van der Waals surface area contributed by atoms with Gasteiger partial charge in [-0.25, -0.2) is 0 Å². The van der Waals surface area contributed by atoms with Crippen molar-refractivity contribution >= 4 is 5.78 Å². The molecule has 0 saturated carbocycles. The minimum Gasteiger partial charge on any atom is -0.295 e. The Morgan fingerprint density at radius 3 is 2.57 bits per heavy atom. The predicted octanol–water partition coefficient (Wildman–Crippen LogP) is 3.66. The molecule has 0 spiro atoms. The van der Waals surface area contributed by atoms with Crippen molar-refractivity contribution in [3.8, 4) is 0 Å². The highest BCUT2D eigenvalue weighted by atomic mass is 16.1. The Balaban J connectivity index is 3.02. The van der Waals surface area contributed by atoms with Crippen molar-refractivity contribution in [2.24, 2.45) is 5.41 Å². The number of rotatable bonds is 2. The van der Waals surface area contributed by atoms with Crippen LogP contribution in [0.4, 0.5) is 0 Å². The Kier molecular flexibility index (Phi) is 2.98. The van der Waals surface area contributed by atoms with Crippen molar-refractivity contribution < 1.29 is 4.79 Å². The van der Waals surface area contributed by atoms with Gasteiger partial charge in [0.05, 0.1) is 0 Å². The molecular weight excluding hydrogens is 172 g/mol. The lowest BCUT2D eigenvalue weighted by Crippen LogP contribution is -2.27. The first-order valence-electron chi connectivity index (χ1n) is 5.22. The fourth-order valence-corrected chi connectivity index (χ4v) is 2.31. The van der Waals surface area contributed by atoms with Crippen LogP contribution in [0, 0.1) is 5.41 Å². The molecule has 1 aliphatic rings. The highest BCUT2D eigenvalue weighted by Crippen LogP contribution is 2.43. The maximum atomic E-state index is 11.5. The molecule has 0 aliphatic heterocycles. The standard InChI is InChI=1S/C13H20O/c1-9(2)8-13(5)7-6-12(14)10(3)11(13)4/h1,6-8H2,2-5H3. The van der Waals surface area contributed by atoms with E-state index in [-0.39, 0.29) is 5.41 Å². The van der Waals surface area contributed by atoms with E-state index in [9.17, 15) is 4.79 Å². The molecule has 0 heterocycles. The Morgan fingerprint density at radius 2 is 2.07 bits per heavy atom. The monoisotopic (exact) mass is 192 g/mol. The molecule has 0 radical (unpaired) electrons. The maximum Gasteiger partial charge on any atom is 0.158 e. The Labute approximate surface area is 86.9 Å². The van der Waals surface area contributed by atoms with Crippen molar-refractivity contribution in [2.45, 2.75) is 47.0 Å². The number of hydrogen-bond acceptors (Lipinski definition) is 1. The molecule has 0 aromatic carbocycles. The van der Waals surface area contributed by atoms with Crippen molar-refractivity contribution in [1.29, 1.82) is 0 Å². The SMILES string of the molecule is C=C(C)CC1(C)CCC(=O)C(C)=C1C. The van der Waals surface area contributed by atoms with Crippen molar-refractivity contribution in [3.05, 3.63) is 23.3 Å². The Hall–Kier alpha value is -0.850. The second kappa shape index (κ2) is 3.72. The van der Waals surface area contributed by atoms with Gasteiger partial charge in [-0.1, -0.05) is 18.1 Å². The molecule has 0 amide bonds. The molecule has 1 atom stereocenters. The minimum atomic E-state index is 0.170. The lowest BCUT2D eigenvalue weighted by Gasteiger charge is -2.35. The summed E-state index contributed by atoms with van der Waals surface area (Å²) in [5, 5.41) is 0. The van der Waals surface area contributed by atoms with Crippen LogP contribution in [-0.2, 0) is 4.79 Å². The summed E-state index contributed by atoms with van der Waals surface area (Å²) >= 11 is 0. The van der Waals surface area contributed by atoms with Crippen molar-refractivity contribution in [1.82, 2.24) is 0 Å². The molecule has 1 rings (SSSR count). The highest BCUT2D eigenvalue weighted by Gasteiger charge is 2.33. The van der Waals surface area contributed by atoms with Gasteiger partial charge in [-0.15, -0.1) is 6.58 Å². The van der Waals surface area contributed by atoms with E-state index >= 15 is 0 Å². The zero-order valence-corrected chi connectivity index (χ0v) is 9.74. The third-order valence-electron chi connectivity index (χ3n) is 3.48. The summed E-state index contributed by atoms with van der Waals surface area (Å²) in [5.41, 5.74) is 3.61. The van der Waals surface area contributed by atoms with Gasteiger partial charge in [0.1, 0.15) is 0 Å². The zero-order valence-electron chi connectivity index (χ0n) is 9.74. The molecule has 0 aromatic rings. The van der Waals surface area contributed by atoms with E-state index < -0.39 is 0 Å². The van der Waals surface area contributed by atoms with Crippen LogP contribution in [0.25, 0.3) is 0 Å². The summed E-state index contributed by atoms with van der Waals surface area (Å²) in [6, 6.07) is 0. The lowest BCUT2D eigenvalue weighted by atomic mass is 9.68. The van der Waals surface area contributed by atoms with E-state index in [1.807, 2.05) is 6.92 Å². The normalized spacial score (nSPS) is 28.1. The van der Waals surface area contributed by atoms with Gasteiger partial charge in [0, 0.05) is 6.42 Å². The molecule has 0 bridgehead atoms. The topological polar surface area (TPSA) is 17.1 Å². The van der Waals surface area contributed by atoms with E-state index in [0.717, 1.165) is 18.4 Å². The van der Waals surface area contributed by atoms with E-state index in [0.29, 0.717) is 12.2 Å². The van der Waals surface area contributed by atoms with E-state index in [2.05, 4.69) is 27.4 Å². The van der Waals surface area contributed by atoms with Gasteiger partial charge < -0.3 is 0 Å². The second-order valence-corrected chi connectivity index (χ2v) is 4.87. The number of ketones is 1. The number of carbonyl (C=O) groups excluding carboxylic acids is 1. The Morgan fingerprint density at radius 1 is 1.50 bits per heavy atom. The van der Waals surface area contributed by atoms with Crippen LogP contribution in [0.15, 0.2) is 23.3 Å². The summed E-state index contributed by atoms with van der Waals surface area (Å²) in [7, 11) is 0. The fraction of sp³-hybridized carbons (Fsp3) is 0.615. The van der Waals surface area contributed by atoms with Gasteiger partial charge in [-0.3, -0.25) is 4.79 Å². The molecular formula is C13H20O. The minimum absolute atomic E-state index is 0.170. The third kappa shape index (κ3) is 1.97. The third-order valence-corrected chi connectivity index (χ3v) is 3.48. The summed E-state index contributed by atoms with van der Waals surface area (Å²) in [5.74, 6) is 0.321. The molecule has 14 heavy (non-hydrogen) atoms. The quantitative estimate of drug-likeness (QED) is 0.610. The van der Waals surface area contributed by atoms with Crippen LogP contribution in [-0.4, -0.2) is 5.78 Å². The van der Waals surface area contributed by atoms with Crippen LogP contribution < -0.4 is 0 Å².